The van der Waals surface area contributed by atoms with Gasteiger partial charge in [0.05, 0.1) is 18.0 Å². The molecule has 0 aliphatic heterocycles. The highest BCUT2D eigenvalue weighted by Gasteiger charge is 2.11. The summed E-state index contributed by atoms with van der Waals surface area (Å²) in [7, 11) is 0. The Morgan fingerprint density at radius 1 is 0.971 bits per heavy atom. The number of anilines is 2. The van der Waals surface area contributed by atoms with Crippen LogP contribution in [0.2, 0.25) is 0 Å². The van der Waals surface area contributed by atoms with Crippen LogP contribution in [0.5, 0.6) is 17.4 Å². The highest BCUT2D eigenvalue weighted by Crippen LogP contribution is 2.25. The maximum atomic E-state index is 12.4. The van der Waals surface area contributed by atoms with Crippen molar-refractivity contribution in [2.75, 3.05) is 17.2 Å². The maximum Gasteiger partial charge on any atom is 0.323 e. The summed E-state index contributed by atoms with van der Waals surface area (Å²) in [6, 6.07) is 17.6. The Morgan fingerprint density at radius 2 is 1.74 bits per heavy atom. The number of ether oxygens (including phenoxy) is 2. The molecule has 34 heavy (non-hydrogen) atoms. The van der Waals surface area contributed by atoms with Crippen molar-refractivity contribution >= 4 is 17.4 Å². The number of hydrogen-bond acceptors (Lipinski definition) is 6. The molecule has 2 aromatic carbocycles. The van der Waals surface area contributed by atoms with Crippen molar-refractivity contribution < 1.29 is 14.3 Å². The first-order valence-electron chi connectivity index (χ1n) is 10.9. The molecule has 0 fully saturated rings. The second-order valence-electron chi connectivity index (χ2n) is 7.59. The Bertz CT molecular complexity index is 1300. The molecule has 0 unspecified atom stereocenters. The second kappa shape index (κ2) is 10.0. The number of aryl methyl sites for hydroxylation is 3. The smallest absolute Gasteiger partial charge is 0.323 e. The monoisotopic (exact) mass is 458 g/mol. The van der Waals surface area contributed by atoms with E-state index >= 15 is 0 Å². The lowest BCUT2D eigenvalue weighted by Gasteiger charge is -2.12. The maximum absolute atomic E-state index is 12.4. The van der Waals surface area contributed by atoms with Crippen molar-refractivity contribution in [3.63, 3.8) is 0 Å². The third kappa shape index (κ3) is 5.50. The Morgan fingerprint density at radius 3 is 2.44 bits per heavy atom. The summed E-state index contributed by atoms with van der Waals surface area (Å²) in [6.45, 7) is 8.11. The number of benzene rings is 2. The topological polar surface area (TPSA) is 103 Å². The van der Waals surface area contributed by atoms with E-state index in [1.807, 2.05) is 39.0 Å². The summed E-state index contributed by atoms with van der Waals surface area (Å²) in [6.07, 6.45) is 0. The summed E-state index contributed by atoms with van der Waals surface area (Å²) >= 11 is 0. The van der Waals surface area contributed by atoms with Crippen molar-refractivity contribution in [3.8, 4) is 23.2 Å². The Hall–Kier alpha value is -4.40. The van der Waals surface area contributed by atoms with Gasteiger partial charge in [-0.25, -0.2) is 14.5 Å². The van der Waals surface area contributed by atoms with Crippen LogP contribution in [-0.2, 0) is 0 Å². The normalized spacial score (nSPS) is 10.6. The largest absolute Gasteiger partial charge is 0.492 e. The van der Waals surface area contributed by atoms with Crippen molar-refractivity contribution in [1.82, 2.24) is 19.7 Å². The highest BCUT2D eigenvalue weighted by atomic mass is 16.5. The molecule has 0 spiro atoms. The molecule has 0 atom stereocenters. The van der Waals surface area contributed by atoms with E-state index in [1.54, 1.807) is 54.1 Å². The summed E-state index contributed by atoms with van der Waals surface area (Å²) in [4.78, 5) is 21.2. The molecule has 0 aliphatic rings. The molecule has 0 saturated heterocycles. The van der Waals surface area contributed by atoms with Gasteiger partial charge in [-0.3, -0.25) is 0 Å². The van der Waals surface area contributed by atoms with Gasteiger partial charge in [0, 0.05) is 17.4 Å². The molecule has 0 bridgehead atoms. The number of nitrogens with one attached hydrogen (secondary N) is 2. The standard InChI is InChI=1S/C25H26N6O3/c1-5-33-22-9-7-6-8-21(22)29-25(32)28-19-10-12-20(13-11-19)34-24-15-23(26-18(4)27-24)31-17(3)14-16(2)30-31/h6-15H,5H2,1-4H3,(H2,28,29,32). The second-order valence-corrected chi connectivity index (χ2v) is 7.59. The minimum absolute atomic E-state index is 0.373. The average Bonchev–Trinajstić information content (AvgIpc) is 3.14. The van der Waals surface area contributed by atoms with Crippen molar-refractivity contribution in [2.24, 2.45) is 0 Å². The first-order valence-corrected chi connectivity index (χ1v) is 10.9. The van der Waals surface area contributed by atoms with Gasteiger partial charge in [-0.05, 0) is 70.2 Å². The van der Waals surface area contributed by atoms with E-state index in [2.05, 4.69) is 25.7 Å². The number of aromatic nitrogens is 4. The Kier molecular flexibility index (Phi) is 6.72. The molecular weight excluding hydrogens is 432 g/mol. The molecule has 4 rings (SSSR count). The van der Waals surface area contributed by atoms with Crippen LogP contribution in [0, 0.1) is 20.8 Å². The predicted octanol–water partition coefficient (Wildman–Crippen LogP) is 5.42. The molecule has 0 radical (unpaired) electrons. The van der Waals surface area contributed by atoms with Gasteiger partial charge in [-0.1, -0.05) is 12.1 Å². The lowest BCUT2D eigenvalue weighted by atomic mass is 10.3. The van der Waals surface area contributed by atoms with Crippen LogP contribution in [0.15, 0.2) is 60.7 Å². The molecule has 0 aliphatic carbocycles. The van der Waals surface area contributed by atoms with Crippen LogP contribution in [0.4, 0.5) is 16.2 Å². The SMILES string of the molecule is CCOc1ccccc1NC(=O)Nc1ccc(Oc2cc(-n3nc(C)cc3C)nc(C)n2)cc1. The van der Waals surface area contributed by atoms with Crippen LogP contribution < -0.4 is 20.1 Å². The van der Waals surface area contributed by atoms with Gasteiger partial charge in [0.15, 0.2) is 5.82 Å². The minimum Gasteiger partial charge on any atom is -0.492 e. The summed E-state index contributed by atoms with van der Waals surface area (Å²) in [5, 5.41) is 10.1. The van der Waals surface area contributed by atoms with Crippen LogP contribution >= 0.6 is 0 Å². The average molecular weight is 459 g/mol. The molecule has 9 heteroatoms. The van der Waals surface area contributed by atoms with Crippen LogP contribution in [-0.4, -0.2) is 32.4 Å². The van der Waals surface area contributed by atoms with Crippen LogP contribution in [0.1, 0.15) is 24.1 Å². The fourth-order valence-electron chi connectivity index (χ4n) is 3.41. The van der Waals surface area contributed by atoms with Gasteiger partial charge < -0.3 is 20.1 Å². The third-order valence-electron chi connectivity index (χ3n) is 4.80. The zero-order valence-electron chi connectivity index (χ0n) is 19.5. The van der Waals surface area contributed by atoms with E-state index in [1.165, 1.54) is 0 Å². The van der Waals surface area contributed by atoms with Gasteiger partial charge >= 0.3 is 6.03 Å². The molecule has 9 nitrogen and oxygen atoms in total. The van der Waals surface area contributed by atoms with Gasteiger partial charge in [0.2, 0.25) is 5.88 Å². The molecule has 2 N–H and O–H groups in total. The van der Waals surface area contributed by atoms with Crippen LogP contribution in [0.3, 0.4) is 0 Å². The summed E-state index contributed by atoms with van der Waals surface area (Å²) < 4.78 is 13.2. The van der Waals surface area contributed by atoms with Crippen molar-refractivity contribution in [1.29, 1.82) is 0 Å². The fraction of sp³-hybridized carbons (Fsp3) is 0.200. The number of urea groups is 1. The fourth-order valence-corrected chi connectivity index (χ4v) is 3.41. The number of rotatable bonds is 7. The van der Waals surface area contributed by atoms with Gasteiger partial charge in [-0.2, -0.15) is 10.1 Å². The van der Waals surface area contributed by atoms with E-state index in [0.717, 1.165) is 11.4 Å². The molecule has 0 saturated carbocycles. The van der Waals surface area contributed by atoms with Gasteiger partial charge in [0.1, 0.15) is 17.3 Å². The first kappa shape index (κ1) is 22.8. The van der Waals surface area contributed by atoms with E-state index in [-0.39, 0.29) is 6.03 Å². The molecule has 4 aromatic rings. The number of nitrogens with zero attached hydrogens (tertiary/aromatic N) is 4. The zero-order chi connectivity index (χ0) is 24.1. The summed E-state index contributed by atoms with van der Waals surface area (Å²) in [5.74, 6) is 2.80. The third-order valence-corrected chi connectivity index (χ3v) is 4.80. The van der Waals surface area contributed by atoms with E-state index in [0.29, 0.717) is 47.0 Å². The Balaban J connectivity index is 1.42. The van der Waals surface area contributed by atoms with E-state index < -0.39 is 0 Å². The highest BCUT2D eigenvalue weighted by molar-refractivity contribution is 6.00. The lowest BCUT2D eigenvalue weighted by molar-refractivity contribution is 0.262. The zero-order valence-corrected chi connectivity index (χ0v) is 19.5. The van der Waals surface area contributed by atoms with E-state index in [4.69, 9.17) is 9.47 Å². The van der Waals surface area contributed by atoms with Gasteiger partial charge in [-0.15, -0.1) is 0 Å². The number of carbonyl (C=O) groups excluding carboxylic acids is 1. The molecular formula is C25H26N6O3. The molecule has 2 aromatic heterocycles. The van der Waals surface area contributed by atoms with Crippen molar-refractivity contribution in [2.45, 2.75) is 27.7 Å². The Labute approximate surface area is 197 Å². The number of amides is 2. The predicted molar refractivity (Wildman–Crippen MR) is 130 cm³/mol. The van der Waals surface area contributed by atoms with Gasteiger partial charge in [0.25, 0.3) is 0 Å². The van der Waals surface area contributed by atoms with E-state index in [9.17, 15) is 4.79 Å². The van der Waals surface area contributed by atoms with Crippen LogP contribution in [0.25, 0.3) is 5.82 Å². The number of para-hydroxylation sites is 2. The minimum atomic E-state index is -0.373. The summed E-state index contributed by atoms with van der Waals surface area (Å²) in [5.41, 5.74) is 3.09. The number of hydrogen-bond donors (Lipinski definition) is 2. The molecule has 2 heterocycles. The lowest BCUT2D eigenvalue weighted by Crippen LogP contribution is -2.19. The first-order chi connectivity index (χ1) is 16.4. The molecule has 174 valence electrons. The number of carbonyl (C=O) groups is 1. The molecule has 2 amide bonds. The van der Waals surface area contributed by atoms with Crippen molar-refractivity contribution in [3.05, 3.63) is 77.9 Å². The quantitative estimate of drug-likeness (QED) is 0.383.